The Kier molecular flexibility index (Phi) is 4.58. The van der Waals surface area contributed by atoms with Crippen molar-refractivity contribution in [1.82, 2.24) is 9.55 Å². The van der Waals surface area contributed by atoms with E-state index in [1.54, 1.807) is 34.9 Å². The Hall–Kier alpha value is -3.48. The number of hydrogen-bond acceptors (Lipinski definition) is 4. The minimum Gasteiger partial charge on any atom is -0.323 e. The Morgan fingerprint density at radius 3 is 2.73 bits per heavy atom. The summed E-state index contributed by atoms with van der Waals surface area (Å²) in [4.78, 5) is 44.6. The highest BCUT2D eigenvalue weighted by atomic mass is 16.2. The normalized spacial score (nSPS) is 16.3. The van der Waals surface area contributed by atoms with Gasteiger partial charge in [0.15, 0.2) is 0 Å². The van der Waals surface area contributed by atoms with Crippen LogP contribution in [-0.4, -0.2) is 27.9 Å². The summed E-state index contributed by atoms with van der Waals surface area (Å²) in [7, 11) is 0. The van der Waals surface area contributed by atoms with Gasteiger partial charge in [0.05, 0.1) is 22.3 Å². The van der Waals surface area contributed by atoms with E-state index in [-0.39, 0.29) is 23.9 Å². The molecule has 1 aromatic heterocycles. The number of nitrogens with zero attached hydrogens (tertiary/aromatic N) is 3. The first kappa shape index (κ1) is 18.5. The molecular weight excluding hydrogens is 380 g/mol. The van der Waals surface area contributed by atoms with Crippen LogP contribution in [0.2, 0.25) is 0 Å². The van der Waals surface area contributed by atoms with Crippen LogP contribution in [0.1, 0.15) is 41.9 Å². The van der Waals surface area contributed by atoms with E-state index < -0.39 is 0 Å². The predicted octanol–water partition coefficient (Wildman–Crippen LogP) is 3.11. The molecule has 2 aliphatic heterocycles. The molecular formula is C23H22N4O3. The van der Waals surface area contributed by atoms with E-state index in [0.717, 1.165) is 37.9 Å². The highest BCUT2D eigenvalue weighted by Gasteiger charge is 2.27. The SMILES string of the molecule is O=C1CN(C(=O)c2ccc3c(=O)n4c(nc3c2)CCCCCC4)c2ccccc2N1. The number of rotatable bonds is 1. The first-order valence-electron chi connectivity index (χ1n) is 10.4. The lowest BCUT2D eigenvalue weighted by Gasteiger charge is -2.29. The van der Waals surface area contributed by atoms with E-state index in [2.05, 4.69) is 5.32 Å². The Morgan fingerprint density at radius 2 is 1.83 bits per heavy atom. The summed E-state index contributed by atoms with van der Waals surface area (Å²) < 4.78 is 1.79. The van der Waals surface area contributed by atoms with Crippen LogP contribution < -0.4 is 15.8 Å². The van der Waals surface area contributed by atoms with Gasteiger partial charge in [0, 0.05) is 18.5 Å². The average molecular weight is 402 g/mol. The maximum Gasteiger partial charge on any atom is 0.261 e. The summed E-state index contributed by atoms with van der Waals surface area (Å²) in [6, 6.07) is 12.2. The standard InChI is InChI=1S/C23H22N4O3/c28-21-14-27(19-8-5-4-7-17(19)25-21)22(29)15-10-11-16-18(13-15)24-20-9-3-1-2-6-12-26(20)23(16)30/h4-5,7-8,10-11,13H,1-3,6,9,12,14H2,(H,25,28). The van der Waals surface area contributed by atoms with Gasteiger partial charge in [0.25, 0.3) is 11.5 Å². The number of aromatic nitrogens is 2. The van der Waals surface area contributed by atoms with E-state index >= 15 is 0 Å². The van der Waals surface area contributed by atoms with Crippen molar-refractivity contribution in [2.75, 3.05) is 16.8 Å². The zero-order valence-electron chi connectivity index (χ0n) is 16.6. The molecule has 0 saturated heterocycles. The molecule has 0 aliphatic carbocycles. The van der Waals surface area contributed by atoms with Crippen molar-refractivity contribution in [2.24, 2.45) is 0 Å². The molecule has 0 unspecified atom stereocenters. The smallest absolute Gasteiger partial charge is 0.261 e. The van der Waals surface area contributed by atoms with Crippen LogP contribution in [0.3, 0.4) is 0 Å². The van der Waals surface area contributed by atoms with Gasteiger partial charge in [0.1, 0.15) is 12.4 Å². The van der Waals surface area contributed by atoms with Crippen LogP contribution in [0.5, 0.6) is 0 Å². The second-order valence-corrected chi connectivity index (χ2v) is 7.84. The van der Waals surface area contributed by atoms with Gasteiger partial charge in [-0.25, -0.2) is 4.98 Å². The van der Waals surface area contributed by atoms with Crippen LogP contribution in [0, 0.1) is 0 Å². The molecule has 0 spiro atoms. The minimum absolute atomic E-state index is 0.0430. The number of nitrogens with one attached hydrogen (secondary N) is 1. The number of fused-ring (bicyclic) bond motifs is 3. The molecule has 30 heavy (non-hydrogen) atoms. The Labute approximate surface area is 173 Å². The second-order valence-electron chi connectivity index (χ2n) is 7.84. The fraction of sp³-hybridized carbons (Fsp3) is 0.304. The van der Waals surface area contributed by atoms with Gasteiger partial charge in [-0.3, -0.25) is 23.9 Å². The van der Waals surface area contributed by atoms with Crippen molar-refractivity contribution in [3.05, 3.63) is 64.2 Å². The third kappa shape index (κ3) is 3.16. The summed E-state index contributed by atoms with van der Waals surface area (Å²) in [5.41, 5.74) is 2.18. The maximum absolute atomic E-state index is 13.3. The molecule has 0 radical (unpaired) electrons. The maximum atomic E-state index is 13.3. The third-order valence-electron chi connectivity index (χ3n) is 5.83. The molecule has 3 aromatic rings. The van der Waals surface area contributed by atoms with Crippen molar-refractivity contribution in [3.8, 4) is 0 Å². The summed E-state index contributed by atoms with van der Waals surface area (Å²) in [5, 5.41) is 3.31. The second kappa shape index (κ2) is 7.40. The summed E-state index contributed by atoms with van der Waals surface area (Å²) in [6.45, 7) is 0.644. The highest BCUT2D eigenvalue weighted by molar-refractivity contribution is 6.15. The van der Waals surface area contributed by atoms with Gasteiger partial charge in [0.2, 0.25) is 5.91 Å². The first-order chi connectivity index (χ1) is 14.6. The average Bonchev–Trinajstić information content (AvgIpc) is 2.73. The summed E-state index contributed by atoms with van der Waals surface area (Å²) in [6.07, 6.45) is 5.03. The van der Waals surface area contributed by atoms with Crippen molar-refractivity contribution >= 4 is 34.1 Å². The third-order valence-corrected chi connectivity index (χ3v) is 5.83. The van der Waals surface area contributed by atoms with E-state index in [4.69, 9.17) is 4.98 Å². The topological polar surface area (TPSA) is 84.3 Å². The van der Waals surface area contributed by atoms with Gasteiger partial charge in [-0.1, -0.05) is 25.0 Å². The van der Waals surface area contributed by atoms with Gasteiger partial charge < -0.3 is 5.32 Å². The number of benzene rings is 2. The summed E-state index contributed by atoms with van der Waals surface area (Å²) >= 11 is 0. The number of aryl methyl sites for hydroxylation is 1. The van der Waals surface area contributed by atoms with Crippen LogP contribution >= 0.6 is 0 Å². The molecule has 2 amide bonds. The number of carbonyl (C=O) groups excluding carboxylic acids is 2. The van der Waals surface area contributed by atoms with Gasteiger partial charge >= 0.3 is 0 Å². The highest BCUT2D eigenvalue weighted by Crippen LogP contribution is 2.30. The van der Waals surface area contributed by atoms with E-state index in [1.165, 1.54) is 4.90 Å². The lowest BCUT2D eigenvalue weighted by molar-refractivity contribution is -0.115. The van der Waals surface area contributed by atoms with Gasteiger partial charge in [-0.2, -0.15) is 0 Å². The van der Waals surface area contributed by atoms with Crippen LogP contribution in [0.25, 0.3) is 10.9 Å². The Balaban J connectivity index is 1.57. The number of amides is 2. The van der Waals surface area contributed by atoms with Crippen LogP contribution in [-0.2, 0) is 17.8 Å². The molecule has 0 atom stereocenters. The number of hydrogen-bond donors (Lipinski definition) is 1. The quantitative estimate of drug-likeness (QED) is 0.678. The molecule has 3 heterocycles. The van der Waals surface area contributed by atoms with Crippen molar-refractivity contribution in [1.29, 1.82) is 0 Å². The van der Waals surface area contributed by atoms with Gasteiger partial charge in [-0.05, 0) is 43.2 Å². The van der Waals surface area contributed by atoms with Crippen LogP contribution in [0.4, 0.5) is 11.4 Å². The van der Waals surface area contributed by atoms with Crippen molar-refractivity contribution in [2.45, 2.75) is 38.6 Å². The molecule has 152 valence electrons. The predicted molar refractivity (Wildman–Crippen MR) is 115 cm³/mol. The number of para-hydroxylation sites is 2. The van der Waals surface area contributed by atoms with Crippen molar-refractivity contribution < 1.29 is 9.59 Å². The van der Waals surface area contributed by atoms with Crippen molar-refractivity contribution in [3.63, 3.8) is 0 Å². The van der Waals surface area contributed by atoms with E-state index in [0.29, 0.717) is 34.4 Å². The Morgan fingerprint density at radius 1 is 1.00 bits per heavy atom. The molecule has 0 fully saturated rings. The lowest BCUT2D eigenvalue weighted by atomic mass is 10.1. The number of anilines is 2. The first-order valence-corrected chi connectivity index (χ1v) is 10.4. The lowest BCUT2D eigenvalue weighted by Crippen LogP contribution is -2.42. The largest absolute Gasteiger partial charge is 0.323 e. The zero-order valence-corrected chi connectivity index (χ0v) is 16.6. The zero-order chi connectivity index (χ0) is 20.7. The molecule has 0 saturated carbocycles. The van der Waals surface area contributed by atoms with Crippen LogP contribution in [0.15, 0.2) is 47.3 Å². The molecule has 7 nitrogen and oxygen atoms in total. The molecule has 0 bridgehead atoms. The number of carbonyl (C=O) groups is 2. The monoisotopic (exact) mass is 402 g/mol. The minimum atomic E-state index is -0.284. The molecule has 2 aromatic carbocycles. The molecule has 1 N–H and O–H groups in total. The molecule has 7 heteroatoms. The van der Waals surface area contributed by atoms with E-state index in [1.807, 2.05) is 12.1 Å². The van der Waals surface area contributed by atoms with Gasteiger partial charge in [-0.15, -0.1) is 0 Å². The van der Waals surface area contributed by atoms with E-state index in [9.17, 15) is 14.4 Å². The molecule has 2 aliphatic rings. The fourth-order valence-corrected chi connectivity index (χ4v) is 4.30. The fourth-order valence-electron chi connectivity index (χ4n) is 4.30. The summed E-state index contributed by atoms with van der Waals surface area (Å²) in [5.74, 6) is 0.271. The Bertz CT molecular complexity index is 1230. The molecule has 5 rings (SSSR count).